The zero-order valence-corrected chi connectivity index (χ0v) is 9.22. The molecule has 0 saturated heterocycles. The summed E-state index contributed by atoms with van der Waals surface area (Å²) in [7, 11) is 0. The van der Waals surface area contributed by atoms with Crippen LogP contribution >= 0.6 is 11.6 Å². The maximum atomic E-state index is 12.4. The molecular formula is C10H8ClF3N2O. The van der Waals surface area contributed by atoms with Gasteiger partial charge >= 0.3 is 6.18 Å². The number of hydrogen-bond acceptors (Lipinski definition) is 2. The highest BCUT2D eigenvalue weighted by atomic mass is 35.5. The van der Waals surface area contributed by atoms with Gasteiger partial charge in [-0.3, -0.25) is 4.79 Å². The van der Waals surface area contributed by atoms with Crippen molar-refractivity contribution in [2.75, 3.05) is 0 Å². The molecule has 1 amide bonds. The number of primary amides is 1. The molecule has 17 heavy (non-hydrogen) atoms. The maximum Gasteiger partial charge on any atom is 0.417 e. The zero-order valence-electron chi connectivity index (χ0n) is 8.46. The number of alkyl halides is 3. The van der Waals surface area contributed by atoms with Crippen molar-refractivity contribution >= 4 is 23.6 Å². The number of aromatic nitrogens is 1. The number of carbonyl (C=O) groups excluding carboxylic acids is 1. The van der Waals surface area contributed by atoms with Gasteiger partial charge < -0.3 is 5.73 Å². The molecule has 0 atom stereocenters. The van der Waals surface area contributed by atoms with E-state index in [-0.39, 0.29) is 17.1 Å². The molecule has 0 aliphatic rings. The first-order valence-electron chi connectivity index (χ1n) is 4.48. The minimum absolute atomic E-state index is 0.0706. The van der Waals surface area contributed by atoms with Crippen LogP contribution < -0.4 is 5.73 Å². The summed E-state index contributed by atoms with van der Waals surface area (Å²) in [6.07, 6.45) is -1.31. The third-order valence-electron chi connectivity index (χ3n) is 1.81. The van der Waals surface area contributed by atoms with Crippen LogP contribution in [0.15, 0.2) is 18.3 Å². The molecule has 0 unspecified atom stereocenters. The summed E-state index contributed by atoms with van der Waals surface area (Å²) in [5, 5.41) is -0.0706. The molecule has 92 valence electrons. The summed E-state index contributed by atoms with van der Waals surface area (Å²) in [6.45, 7) is 0. The summed E-state index contributed by atoms with van der Waals surface area (Å²) in [4.78, 5) is 13.9. The average molecular weight is 265 g/mol. The lowest BCUT2D eigenvalue weighted by Gasteiger charge is -2.07. The summed E-state index contributed by atoms with van der Waals surface area (Å²) in [6, 6.07) is 0.854. The Kier molecular flexibility index (Phi) is 4.11. The van der Waals surface area contributed by atoms with Crippen molar-refractivity contribution in [3.8, 4) is 0 Å². The predicted molar refractivity (Wildman–Crippen MR) is 57.1 cm³/mol. The van der Waals surface area contributed by atoms with Gasteiger partial charge in [0.15, 0.2) is 0 Å². The first kappa shape index (κ1) is 13.5. The maximum absolute atomic E-state index is 12.4. The van der Waals surface area contributed by atoms with Crippen molar-refractivity contribution in [1.82, 2.24) is 4.98 Å². The van der Waals surface area contributed by atoms with Gasteiger partial charge in [-0.2, -0.15) is 13.2 Å². The minimum Gasteiger partial charge on any atom is -0.369 e. The molecule has 0 saturated carbocycles. The highest BCUT2D eigenvalue weighted by Gasteiger charge is 2.31. The van der Waals surface area contributed by atoms with Gasteiger partial charge in [-0.15, -0.1) is 0 Å². The molecule has 1 heterocycles. The molecule has 1 aromatic rings. The lowest BCUT2D eigenvalue weighted by molar-refractivity contribution is -0.137. The van der Waals surface area contributed by atoms with E-state index in [0.717, 1.165) is 6.07 Å². The largest absolute Gasteiger partial charge is 0.417 e. The Morgan fingerprint density at radius 3 is 2.71 bits per heavy atom. The molecule has 7 heteroatoms. The first-order valence-corrected chi connectivity index (χ1v) is 4.86. The minimum atomic E-state index is -4.48. The molecule has 0 radical (unpaired) electrons. The Bertz CT molecular complexity index is 457. The number of carbonyl (C=O) groups is 1. The lowest BCUT2D eigenvalue weighted by Crippen LogP contribution is -2.08. The van der Waals surface area contributed by atoms with Crippen molar-refractivity contribution in [1.29, 1.82) is 0 Å². The van der Waals surface area contributed by atoms with E-state index in [2.05, 4.69) is 4.98 Å². The highest BCUT2D eigenvalue weighted by Crippen LogP contribution is 2.30. The smallest absolute Gasteiger partial charge is 0.369 e. The van der Waals surface area contributed by atoms with Crippen LogP contribution in [0.25, 0.3) is 6.08 Å². The van der Waals surface area contributed by atoms with Gasteiger partial charge in [0.25, 0.3) is 0 Å². The van der Waals surface area contributed by atoms with Crippen molar-refractivity contribution in [3.63, 3.8) is 0 Å². The summed E-state index contributed by atoms with van der Waals surface area (Å²) in [5.74, 6) is -0.586. The topological polar surface area (TPSA) is 56.0 Å². The van der Waals surface area contributed by atoms with E-state index in [1.807, 2.05) is 0 Å². The highest BCUT2D eigenvalue weighted by molar-refractivity contribution is 6.30. The fourth-order valence-electron chi connectivity index (χ4n) is 1.04. The van der Waals surface area contributed by atoms with Crippen LogP contribution in [0.4, 0.5) is 13.2 Å². The third-order valence-corrected chi connectivity index (χ3v) is 2.13. The third kappa shape index (κ3) is 4.07. The Morgan fingerprint density at radius 1 is 1.53 bits per heavy atom. The standard InChI is InChI=1S/C10H8ClF3N2O/c11-9-6(2-1-3-8(15)17)4-7(5-16-9)10(12,13)14/h1-2,4-5H,3H2,(H2,15,17). The fraction of sp³-hybridized carbons (Fsp3) is 0.200. The second-order valence-corrected chi connectivity index (χ2v) is 3.53. The molecule has 1 rings (SSSR count). The van der Waals surface area contributed by atoms with E-state index in [4.69, 9.17) is 17.3 Å². The zero-order chi connectivity index (χ0) is 13.1. The molecule has 1 aromatic heterocycles. The average Bonchev–Trinajstić information content (AvgIpc) is 2.18. The number of amides is 1. The number of halogens is 4. The van der Waals surface area contributed by atoms with Crippen LogP contribution in [0.5, 0.6) is 0 Å². The molecule has 0 aromatic carbocycles. The van der Waals surface area contributed by atoms with Gasteiger partial charge in [0.1, 0.15) is 5.15 Å². The molecule has 3 nitrogen and oxygen atoms in total. The first-order chi connectivity index (χ1) is 7.80. The number of hydrogen-bond donors (Lipinski definition) is 1. The van der Waals surface area contributed by atoms with E-state index in [0.29, 0.717) is 6.20 Å². The molecule has 0 aliphatic heterocycles. The lowest BCUT2D eigenvalue weighted by atomic mass is 10.2. The summed E-state index contributed by atoms with van der Waals surface area (Å²) >= 11 is 5.62. The molecule has 0 spiro atoms. The van der Waals surface area contributed by atoms with Crippen LogP contribution in [0.1, 0.15) is 17.5 Å². The van der Waals surface area contributed by atoms with Gasteiger partial charge in [-0.25, -0.2) is 4.98 Å². The van der Waals surface area contributed by atoms with E-state index in [1.54, 1.807) is 0 Å². The van der Waals surface area contributed by atoms with Crippen LogP contribution in [-0.2, 0) is 11.0 Å². The fourth-order valence-corrected chi connectivity index (χ4v) is 1.21. The van der Waals surface area contributed by atoms with E-state index in [9.17, 15) is 18.0 Å². The van der Waals surface area contributed by atoms with E-state index in [1.165, 1.54) is 12.2 Å². The Labute approximate surface area is 100 Å². The van der Waals surface area contributed by atoms with Gasteiger partial charge in [0, 0.05) is 18.2 Å². The SMILES string of the molecule is NC(=O)CC=Cc1cc(C(F)(F)F)cnc1Cl. The Balaban J connectivity index is 2.99. The van der Waals surface area contributed by atoms with Crippen molar-refractivity contribution < 1.29 is 18.0 Å². The monoisotopic (exact) mass is 264 g/mol. The van der Waals surface area contributed by atoms with Gasteiger partial charge in [0.05, 0.1) is 5.56 Å². The second kappa shape index (κ2) is 5.18. The van der Waals surface area contributed by atoms with E-state index >= 15 is 0 Å². The number of rotatable bonds is 3. The number of pyridine rings is 1. The normalized spacial score (nSPS) is 12.0. The van der Waals surface area contributed by atoms with Crippen LogP contribution in [0.3, 0.4) is 0 Å². The molecule has 0 fully saturated rings. The molecule has 2 N–H and O–H groups in total. The van der Waals surface area contributed by atoms with Crippen molar-refractivity contribution in [2.24, 2.45) is 5.73 Å². The Hall–Kier alpha value is -1.56. The van der Waals surface area contributed by atoms with Crippen LogP contribution in [0, 0.1) is 0 Å². The molecular weight excluding hydrogens is 257 g/mol. The summed E-state index contributed by atoms with van der Waals surface area (Å²) < 4.78 is 37.1. The van der Waals surface area contributed by atoms with Crippen molar-refractivity contribution in [2.45, 2.75) is 12.6 Å². The van der Waals surface area contributed by atoms with Crippen LogP contribution in [-0.4, -0.2) is 10.9 Å². The predicted octanol–water partition coefficient (Wildman–Crippen LogP) is 2.64. The van der Waals surface area contributed by atoms with Gasteiger partial charge in [-0.05, 0) is 6.07 Å². The molecule has 0 bridgehead atoms. The quantitative estimate of drug-likeness (QED) is 0.853. The van der Waals surface area contributed by atoms with Gasteiger partial charge in [-0.1, -0.05) is 23.8 Å². The van der Waals surface area contributed by atoms with Crippen LogP contribution in [0.2, 0.25) is 5.15 Å². The molecule has 0 aliphatic carbocycles. The van der Waals surface area contributed by atoms with Gasteiger partial charge in [0.2, 0.25) is 5.91 Å². The number of nitrogens with two attached hydrogens (primary N) is 1. The summed E-state index contributed by atoms with van der Waals surface area (Å²) in [5.41, 5.74) is 4.06. The van der Waals surface area contributed by atoms with Crippen molar-refractivity contribution in [3.05, 3.63) is 34.6 Å². The van der Waals surface area contributed by atoms with E-state index < -0.39 is 17.6 Å². The number of nitrogens with zero attached hydrogens (tertiary/aromatic N) is 1. The second-order valence-electron chi connectivity index (χ2n) is 3.17. The Morgan fingerprint density at radius 2 is 2.18 bits per heavy atom.